The Morgan fingerprint density at radius 2 is 1.86 bits per heavy atom. The molecule has 3 N–H and O–H groups in total. The summed E-state index contributed by atoms with van der Waals surface area (Å²) in [6.45, 7) is 6.85. The number of hydrogen-bond acceptors (Lipinski definition) is 6. The van der Waals surface area contributed by atoms with Gasteiger partial charge in [-0.05, 0) is 50.2 Å². The highest BCUT2D eigenvalue weighted by Crippen LogP contribution is 2.32. The topological polar surface area (TPSA) is 74.5 Å². The fourth-order valence-corrected chi connectivity index (χ4v) is 4.65. The van der Waals surface area contributed by atoms with Crippen LogP contribution in [-0.2, 0) is 6.42 Å². The van der Waals surface area contributed by atoms with Gasteiger partial charge in [0.1, 0.15) is 9.71 Å². The first-order chi connectivity index (χ1) is 14.0. The minimum absolute atomic E-state index is 0.128. The summed E-state index contributed by atoms with van der Waals surface area (Å²) in [6, 6.07) is 12.5. The van der Waals surface area contributed by atoms with E-state index in [4.69, 9.17) is 5.73 Å². The summed E-state index contributed by atoms with van der Waals surface area (Å²) in [6.07, 6.45) is 0.789. The number of fused-ring (bicyclic) bond motifs is 1. The molecule has 0 radical (unpaired) electrons. The lowest BCUT2D eigenvalue weighted by atomic mass is 10.1. The number of rotatable bonds is 5. The molecule has 1 aromatic carbocycles. The van der Waals surface area contributed by atoms with E-state index in [1.54, 1.807) is 0 Å². The van der Waals surface area contributed by atoms with Gasteiger partial charge < -0.3 is 20.9 Å². The number of nitrogens with one attached hydrogen (secondary N) is 1. The van der Waals surface area contributed by atoms with Crippen LogP contribution in [0.25, 0.3) is 10.2 Å². The van der Waals surface area contributed by atoms with Crippen molar-refractivity contribution >= 4 is 38.8 Å². The van der Waals surface area contributed by atoms with Crippen LogP contribution in [0.1, 0.15) is 20.9 Å². The van der Waals surface area contributed by atoms with Gasteiger partial charge in [0.15, 0.2) is 0 Å². The van der Waals surface area contributed by atoms with Crippen molar-refractivity contribution in [1.82, 2.24) is 15.2 Å². The number of thiophene rings is 1. The molecule has 0 spiro atoms. The lowest BCUT2D eigenvalue weighted by Crippen LogP contribution is -2.44. The van der Waals surface area contributed by atoms with Crippen LogP contribution in [0.3, 0.4) is 0 Å². The van der Waals surface area contributed by atoms with Crippen LogP contribution in [-0.4, -0.2) is 55.6 Å². The molecule has 1 fully saturated rings. The Hall–Kier alpha value is -2.64. The largest absolute Gasteiger partial charge is 0.397 e. The number of carbonyl (C=O) groups excluding carboxylic acids is 1. The molecule has 6 nitrogen and oxygen atoms in total. The number of piperazine rings is 1. The molecule has 0 aliphatic carbocycles. The van der Waals surface area contributed by atoms with Crippen LogP contribution in [0.4, 0.5) is 11.4 Å². The van der Waals surface area contributed by atoms with E-state index in [2.05, 4.69) is 51.4 Å². The van der Waals surface area contributed by atoms with Crippen molar-refractivity contribution in [3.63, 3.8) is 0 Å². The average Bonchev–Trinajstić information content (AvgIpc) is 3.05. The number of aryl methyl sites for hydroxylation is 1. The van der Waals surface area contributed by atoms with Crippen LogP contribution in [0.5, 0.6) is 0 Å². The van der Waals surface area contributed by atoms with Gasteiger partial charge >= 0.3 is 0 Å². The van der Waals surface area contributed by atoms with E-state index in [1.807, 2.05) is 19.1 Å². The summed E-state index contributed by atoms with van der Waals surface area (Å²) in [7, 11) is 2.17. The van der Waals surface area contributed by atoms with Crippen LogP contribution >= 0.6 is 11.3 Å². The number of likely N-dealkylation sites (N-methyl/N-ethyl adjacent to an activating group) is 1. The van der Waals surface area contributed by atoms with Gasteiger partial charge in [0, 0.05) is 49.5 Å². The molecule has 1 aliphatic rings. The third-order valence-corrected chi connectivity index (χ3v) is 6.56. The van der Waals surface area contributed by atoms with Crippen molar-refractivity contribution < 1.29 is 4.79 Å². The van der Waals surface area contributed by atoms with E-state index < -0.39 is 0 Å². The molecule has 4 rings (SSSR count). The van der Waals surface area contributed by atoms with Crippen molar-refractivity contribution in [2.45, 2.75) is 13.3 Å². The molecular weight excluding hydrogens is 382 g/mol. The quantitative estimate of drug-likeness (QED) is 0.678. The Balaban J connectivity index is 1.33. The molecule has 0 unspecified atom stereocenters. The van der Waals surface area contributed by atoms with Crippen molar-refractivity contribution in [3.05, 3.63) is 52.5 Å². The van der Waals surface area contributed by atoms with E-state index >= 15 is 0 Å². The zero-order chi connectivity index (χ0) is 20.4. The molecule has 0 atom stereocenters. The molecule has 152 valence electrons. The Kier molecular flexibility index (Phi) is 5.69. The number of aromatic nitrogens is 1. The minimum Gasteiger partial charge on any atom is -0.397 e. The number of carbonyl (C=O) groups is 1. The molecule has 29 heavy (non-hydrogen) atoms. The molecule has 0 saturated carbocycles. The maximum atomic E-state index is 12.6. The van der Waals surface area contributed by atoms with Crippen molar-refractivity contribution in [2.24, 2.45) is 0 Å². The Morgan fingerprint density at radius 3 is 2.59 bits per heavy atom. The lowest BCUT2D eigenvalue weighted by molar-refractivity contribution is 0.0959. The molecule has 7 heteroatoms. The van der Waals surface area contributed by atoms with Crippen LogP contribution in [0.15, 0.2) is 36.4 Å². The third-order valence-electron chi connectivity index (χ3n) is 5.44. The minimum atomic E-state index is -0.128. The maximum Gasteiger partial charge on any atom is 0.263 e. The van der Waals surface area contributed by atoms with Crippen molar-refractivity contribution in [1.29, 1.82) is 0 Å². The fraction of sp³-hybridized carbons (Fsp3) is 0.364. The summed E-state index contributed by atoms with van der Waals surface area (Å²) in [5, 5.41) is 3.85. The van der Waals surface area contributed by atoms with Crippen LogP contribution in [0.2, 0.25) is 0 Å². The summed E-state index contributed by atoms with van der Waals surface area (Å²) >= 11 is 1.35. The Morgan fingerprint density at radius 1 is 1.14 bits per heavy atom. The highest BCUT2D eigenvalue weighted by Gasteiger charge is 2.17. The van der Waals surface area contributed by atoms with Gasteiger partial charge in [0.2, 0.25) is 0 Å². The first kappa shape index (κ1) is 19.7. The Labute approximate surface area is 175 Å². The summed E-state index contributed by atoms with van der Waals surface area (Å²) < 4.78 is 0. The van der Waals surface area contributed by atoms with Gasteiger partial charge in [-0.15, -0.1) is 11.3 Å². The van der Waals surface area contributed by atoms with Crippen LogP contribution in [0, 0.1) is 6.92 Å². The highest BCUT2D eigenvalue weighted by atomic mass is 32.1. The van der Waals surface area contributed by atoms with Gasteiger partial charge in [-0.1, -0.05) is 12.1 Å². The second-order valence-corrected chi connectivity index (χ2v) is 8.61. The number of nitrogens with two attached hydrogens (primary N) is 1. The van der Waals surface area contributed by atoms with Gasteiger partial charge in [0.25, 0.3) is 5.91 Å². The number of nitrogens with zero attached hydrogens (tertiary/aromatic N) is 3. The predicted molar refractivity (Wildman–Crippen MR) is 121 cm³/mol. The average molecular weight is 410 g/mol. The SMILES string of the molecule is Cc1ccc2c(N)c(C(=O)NCCc3ccc(N4CCN(C)CC4)cc3)sc2n1. The second kappa shape index (κ2) is 8.39. The smallest absolute Gasteiger partial charge is 0.263 e. The van der Waals surface area contributed by atoms with Gasteiger partial charge in [-0.2, -0.15) is 0 Å². The second-order valence-electron chi connectivity index (χ2n) is 7.61. The van der Waals surface area contributed by atoms with Crippen molar-refractivity contribution in [2.75, 3.05) is 50.4 Å². The number of pyridine rings is 1. The van der Waals surface area contributed by atoms with Gasteiger partial charge in [-0.3, -0.25) is 4.79 Å². The lowest BCUT2D eigenvalue weighted by Gasteiger charge is -2.34. The number of nitrogen functional groups attached to an aromatic ring is 1. The molecule has 3 heterocycles. The number of hydrogen-bond donors (Lipinski definition) is 2. The van der Waals surface area contributed by atoms with Crippen LogP contribution < -0.4 is 16.0 Å². The van der Waals surface area contributed by atoms with E-state index in [0.717, 1.165) is 48.5 Å². The molecule has 2 aromatic heterocycles. The zero-order valence-corrected chi connectivity index (χ0v) is 17.8. The first-order valence-electron chi connectivity index (χ1n) is 9.97. The Bertz CT molecular complexity index is 1010. The molecule has 3 aromatic rings. The number of amides is 1. The molecule has 1 aliphatic heterocycles. The van der Waals surface area contributed by atoms with E-state index in [-0.39, 0.29) is 5.91 Å². The molecule has 0 bridgehead atoms. The van der Waals surface area contributed by atoms with Crippen molar-refractivity contribution in [3.8, 4) is 0 Å². The first-order valence-corrected chi connectivity index (χ1v) is 10.8. The third kappa shape index (κ3) is 4.36. The van der Waals surface area contributed by atoms with E-state index in [0.29, 0.717) is 17.1 Å². The monoisotopic (exact) mass is 409 g/mol. The molecular formula is C22H27N5OS. The number of anilines is 2. The fourth-order valence-electron chi connectivity index (χ4n) is 3.60. The standard InChI is InChI=1S/C22H27N5OS/c1-15-3-8-18-19(23)20(29-22(18)25-15)21(28)24-10-9-16-4-6-17(7-5-16)27-13-11-26(2)12-14-27/h3-8H,9-14,23H2,1-2H3,(H,24,28). The van der Waals surface area contributed by atoms with Gasteiger partial charge in [-0.25, -0.2) is 4.98 Å². The van der Waals surface area contributed by atoms with Gasteiger partial charge in [0.05, 0.1) is 5.69 Å². The zero-order valence-electron chi connectivity index (χ0n) is 16.9. The maximum absolute atomic E-state index is 12.6. The normalized spacial score (nSPS) is 15.0. The molecule has 1 amide bonds. The summed E-state index contributed by atoms with van der Waals surface area (Å²) in [4.78, 5) is 23.2. The van der Waals surface area contributed by atoms with E-state index in [1.165, 1.54) is 22.6 Å². The highest BCUT2D eigenvalue weighted by molar-refractivity contribution is 7.21. The molecule has 1 saturated heterocycles. The van der Waals surface area contributed by atoms with E-state index in [9.17, 15) is 4.79 Å². The summed E-state index contributed by atoms with van der Waals surface area (Å²) in [5.74, 6) is -0.128. The predicted octanol–water partition coefficient (Wildman–Crippen LogP) is 2.91. The summed E-state index contributed by atoms with van der Waals surface area (Å²) in [5.41, 5.74) is 10.1. The number of benzene rings is 1.